The van der Waals surface area contributed by atoms with Gasteiger partial charge in [0.05, 0.1) is 10.3 Å². The Labute approximate surface area is 128 Å². The number of carbonyl (C=O) groups is 1. The van der Waals surface area contributed by atoms with Crippen molar-refractivity contribution in [1.82, 2.24) is 4.98 Å². The molecule has 1 N–H and O–H groups in total. The van der Waals surface area contributed by atoms with E-state index in [-0.39, 0.29) is 11.2 Å². The Hall–Kier alpha value is -0.390. The third-order valence-electron chi connectivity index (χ3n) is 2.53. The first-order valence-corrected chi connectivity index (χ1v) is 8.85. The van der Waals surface area contributed by atoms with E-state index in [0.717, 1.165) is 23.5 Å². The van der Waals surface area contributed by atoms with E-state index in [0.29, 0.717) is 10.8 Å². The Morgan fingerprint density at radius 1 is 1.58 bits per heavy atom. The summed E-state index contributed by atoms with van der Waals surface area (Å²) in [5, 5.41) is 3.16. The summed E-state index contributed by atoms with van der Waals surface area (Å²) in [4.78, 5) is 17.1. The average Bonchev–Trinajstić information content (AvgIpc) is 2.41. The molecule has 0 aromatic carbocycles. The van der Waals surface area contributed by atoms with Crippen molar-refractivity contribution in [3.05, 3.63) is 17.3 Å². The second kappa shape index (κ2) is 8.72. The molecule has 1 aromatic rings. The Kier molecular flexibility index (Phi) is 7.64. The number of pyridine rings is 1. The van der Waals surface area contributed by atoms with E-state index in [1.807, 2.05) is 19.2 Å². The third-order valence-corrected chi connectivity index (χ3v) is 4.75. The Bertz CT molecular complexity index is 429. The molecule has 0 aliphatic heterocycles. The highest BCUT2D eigenvalue weighted by Crippen LogP contribution is 2.25. The van der Waals surface area contributed by atoms with Crippen molar-refractivity contribution < 1.29 is 4.79 Å². The maximum Gasteiger partial charge on any atom is 0.238 e. The molecule has 1 rings (SSSR count). The normalized spacial score (nSPS) is 12.2. The minimum atomic E-state index is -0.0929. The van der Waals surface area contributed by atoms with Crippen LogP contribution in [-0.4, -0.2) is 28.1 Å². The van der Waals surface area contributed by atoms with E-state index >= 15 is 0 Å². The molecule has 1 aromatic heterocycles. The van der Waals surface area contributed by atoms with Gasteiger partial charge in [0, 0.05) is 11.1 Å². The molecule has 0 aliphatic rings. The van der Waals surface area contributed by atoms with Crippen LogP contribution in [0.2, 0.25) is 5.02 Å². The van der Waals surface area contributed by atoms with Crippen LogP contribution in [0.25, 0.3) is 0 Å². The van der Waals surface area contributed by atoms with Crippen LogP contribution in [-0.2, 0) is 4.79 Å². The number of unbranched alkanes of at least 4 members (excludes halogenated alkanes) is 1. The summed E-state index contributed by atoms with van der Waals surface area (Å²) in [5.41, 5.74) is 0. The number of hydrogen-bond acceptors (Lipinski definition) is 4. The molecule has 0 bridgehead atoms. The second-order valence-corrected chi connectivity index (χ2v) is 6.80. The van der Waals surface area contributed by atoms with Crippen molar-refractivity contribution >= 4 is 46.8 Å². The minimum absolute atomic E-state index is 0.0487. The van der Waals surface area contributed by atoms with Gasteiger partial charge in [0.15, 0.2) is 5.82 Å². The fraction of sp³-hybridized carbons (Fsp3) is 0.538. The van der Waals surface area contributed by atoms with Crippen LogP contribution in [0.4, 0.5) is 5.82 Å². The van der Waals surface area contributed by atoms with Gasteiger partial charge in [0.1, 0.15) is 0 Å². The number of thioether (sulfide) groups is 2. The predicted octanol–water partition coefficient (Wildman–Crippen LogP) is 4.32. The van der Waals surface area contributed by atoms with Gasteiger partial charge in [-0.05, 0) is 31.4 Å². The van der Waals surface area contributed by atoms with Gasteiger partial charge in [-0.25, -0.2) is 4.98 Å². The molecule has 3 nitrogen and oxygen atoms in total. The van der Waals surface area contributed by atoms with Gasteiger partial charge >= 0.3 is 0 Å². The van der Waals surface area contributed by atoms with E-state index < -0.39 is 0 Å². The zero-order valence-corrected chi connectivity index (χ0v) is 13.8. The summed E-state index contributed by atoms with van der Waals surface area (Å²) in [6.07, 6.45) is 5.94. The Morgan fingerprint density at radius 2 is 2.32 bits per heavy atom. The first-order valence-electron chi connectivity index (χ1n) is 6.20. The summed E-state index contributed by atoms with van der Waals surface area (Å²) in [6.45, 7) is 4.04. The van der Waals surface area contributed by atoms with E-state index in [4.69, 9.17) is 11.6 Å². The molecule has 1 atom stereocenters. The Balaban J connectivity index is 2.56. The lowest BCUT2D eigenvalue weighted by Gasteiger charge is -2.12. The second-order valence-electron chi connectivity index (χ2n) is 4.06. The standard InChI is InChI=1S/C13H19ClN2OS2/c1-4-5-6-19-9(2)13(17)16-12-11(14)7-10(18-3)8-15-12/h7-9H,4-6H2,1-3H3,(H,15,16,17). The predicted molar refractivity (Wildman–Crippen MR) is 86.5 cm³/mol. The topological polar surface area (TPSA) is 42.0 Å². The number of halogens is 1. The first kappa shape index (κ1) is 16.7. The number of hydrogen-bond donors (Lipinski definition) is 1. The fourth-order valence-electron chi connectivity index (χ4n) is 1.32. The monoisotopic (exact) mass is 318 g/mol. The third kappa shape index (κ3) is 5.63. The van der Waals surface area contributed by atoms with Crippen LogP contribution in [0.1, 0.15) is 26.7 Å². The lowest BCUT2D eigenvalue weighted by atomic mass is 10.4. The van der Waals surface area contributed by atoms with Gasteiger partial charge in [-0.15, -0.1) is 23.5 Å². The summed E-state index contributed by atoms with van der Waals surface area (Å²) >= 11 is 9.31. The van der Waals surface area contributed by atoms with Gasteiger partial charge < -0.3 is 5.32 Å². The number of nitrogens with zero attached hydrogens (tertiary/aromatic N) is 1. The molecule has 0 spiro atoms. The van der Waals surface area contributed by atoms with Crippen LogP contribution in [0, 0.1) is 0 Å². The van der Waals surface area contributed by atoms with Gasteiger partial charge in [-0.3, -0.25) is 4.79 Å². The van der Waals surface area contributed by atoms with Crippen LogP contribution >= 0.6 is 35.1 Å². The fourth-order valence-corrected chi connectivity index (χ4v) is 3.01. The van der Waals surface area contributed by atoms with Crippen LogP contribution in [0.5, 0.6) is 0 Å². The van der Waals surface area contributed by atoms with Crippen molar-refractivity contribution in [3.8, 4) is 0 Å². The van der Waals surface area contributed by atoms with Crippen molar-refractivity contribution in [2.45, 2.75) is 36.8 Å². The molecule has 0 fully saturated rings. The molecule has 6 heteroatoms. The maximum absolute atomic E-state index is 12.0. The summed E-state index contributed by atoms with van der Waals surface area (Å²) < 4.78 is 0. The zero-order valence-electron chi connectivity index (χ0n) is 11.4. The van der Waals surface area contributed by atoms with Crippen molar-refractivity contribution in [3.63, 3.8) is 0 Å². The highest BCUT2D eigenvalue weighted by atomic mass is 35.5. The molecule has 0 saturated heterocycles. The van der Waals surface area contributed by atoms with Crippen molar-refractivity contribution in [1.29, 1.82) is 0 Å². The molecule has 0 saturated carbocycles. The van der Waals surface area contributed by atoms with Crippen LogP contribution < -0.4 is 5.32 Å². The number of aromatic nitrogens is 1. The van der Waals surface area contributed by atoms with Gasteiger partial charge in [-0.1, -0.05) is 24.9 Å². The first-order chi connectivity index (χ1) is 9.08. The van der Waals surface area contributed by atoms with Gasteiger partial charge in [0.25, 0.3) is 0 Å². The molecular weight excluding hydrogens is 300 g/mol. The quantitative estimate of drug-likeness (QED) is 0.600. The number of rotatable bonds is 7. The highest BCUT2D eigenvalue weighted by molar-refractivity contribution is 8.00. The van der Waals surface area contributed by atoms with E-state index in [1.165, 1.54) is 0 Å². The molecule has 106 valence electrons. The SMILES string of the molecule is CCCCSC(C)C(=O)Nc1ncc(SC)cc1Cl. The molecule has 1 unspecified atom stereocenters. The minimum Gasteiger partial charge on any atom is -0.308 e. The smallest absolute Gasteiger partial charge is 0.238 e. The van der Waals surface area contributed by atoms with Gasteiger partial charge in [0.2, 0.25) is 5.91 Å². The van der Waals surface area contributed by atoms with E-state index in [2.05, 4.69) is 17.2 Å². The maximum atomic E-state index is 12.0. The molecule has 1 amide bonds. The molecule has 0 radical (unpaired) electrons. The largest absolute Gasteiger partial charge is 0.308 e. The lowest BCUT2D eigenvalue weighted by molar-refractivity contribution is -0.115. The lowest BCUT2D eigenvalue weighted by Crippen LogP contribution is -2.23. The number of amides is 1. The number of anilines is 1. The van der Waals surface area contributed by atoms with E-state index in [9.17, 15) is 4.79 Å². The van der Waals surface area contributed by atoms with Crippen LogP contribution in [0.3, 0.4) is 0 Å². The summed E-state index contributed by atoms with van der Waals surface area (Å²) in [7, 11) is 0. The highest BCUT2D eigenvalue weighted by Gasteiger charge is 2.15. The number of carbonyl (C=O) groups excluding carboxylic acids is 1. The molecule has 0 aliphatic carbocycles. The summed E-state index contributed by atoms with van der Waals surface area (Å²) in [5.74, 6) is 1.39. The van der Waals surface area contributed by atoms with Crippen molar-refractivity contribution in [2.75, 3.05) is 17.3 Å². The average molecular weight is 319 g/mol. The molecule has 1 heterocycles. The van der Waals surface area contributed by atoms with Crippen molar-refractivity contribution in [2.24, 2.45) is 0 Å². The molecule has 19 heavy (non-hydrogen) atoms. The number of nitrogens with one attached hydrogen (secondary N) is 1. The zero-order chi connectivity index (χ0) is 14.3. The van der Waals surface area contributed by atoms with E-state index in [1.54, 1.807) is 29.7 Å². The van der Waals surface area contributed by atoms with Gasteiger partial charge in [-0.2, -0.15) is 0 Å². The summed E-state index contributed by atoms with van der Waals surface area (Å²) in [6, 6.07) is 1.81. The Morgan fingerprint density at radius 3 is 2.89 bits per heavy atom. The molecular formula is C13H19ClN2OS2. The van der Waals surface area contributed by atoms with Crippen LogP contribution in [0.15, 0.2) is 17.2 Å².